The van der Waals surface area contributed by atoms with E-state index in [0.717, 1.165) is 9.88 Å². The van der Waals surface area contributed by atoms with Crippen molar-refractivity contribution in [2.24, 2.45) is 0 Å². The van der Waals surface area contributed by atoms with Crippen LogP contribution < -0.4 is 5.11 Å². The highest BCUT2D eigenvalue weighted by molar-refractivity contribution is 7.11. The van der Waals surface area contributed by atoms with Gasteiger partial charge in [-0.3, -0.25) is 0 Å². The van der Waals surface area contributed by atoms with Crippen LogP contribution in [0.2, 0.25) is 0 Å². The molecule has 0 amide bonds. The number of hydrogen-bond acceptors (Lipinski definition) is 5. The lowest BCUT2D eigenvalue weighted by atomic mass is 10.2. The smallest absolute Gasteiger partial charge is 0.0900 e. The van der Waals surface area contributed by atoms with Crippen LogP contribution >= 0.6 is 11.3 Å². The first-order valence-electron chi connectivity index (χ1n) is 3.89. The largest absolute Gasteiger partial charge is 0.550 e. The number of aliphatic hydroxyl groups is 1. The second-order valence-corrected chi connectivity index (χ2v) is 3.91. The maximum atomic E-state index is 10.3. The highest BCUT2D eigenvalue weighted by Gasteiger charge is 2.08. The SMILES string of the molecule is Cc1nc(CC(=O)[O-])c(CCO)s1. The quantitative estimate of drug-likeness (QED) is 0.696. The molecule has 0 aromatic carbocycles. The standard InChI is InChI=1S/C8H11NO3S/c1-5-9-6(4-8(11)12)7(13-5)2-3-10/h10H,2-4H2,1H3,(H,11,12)/p-1. The van der Waals surface area contributed by atoms with Crippen LogP contribution in [0.5, 0.6) is 0 Å². The first kappa shape index (κ1) is 10.1. The molecule has 4 nitrogen and oxygen atoms in total. The van der Waals surface area contributed by atoms with Gasteiger partial charge in [0.25, 0.3) is 0 Å². The number of aromatic nitrogens is 1. The van der Waals surface area contributed by atoms with Crippen molar-refractivity contribution in [2.45, 2.75) is 19.8 Å². The Hall–Kier alpha value is -0.940. The van der Waals surface area contributed by atoms with Crippen molar-refractivity contribution in [3.63, 3.8) is 0 Å². The minimum absolute atomic E-state index is 0.0156. The van der Waals surface area contributed by atoms with Crippen LogP contribution in [0.25, 0.3) is 0 Å². The molecule has 0 saturated heterocycles. The molecule has 1 heterocycles. The van der Waals surface area contributed by atoms with Gasteiger partial charge in [-0.05, 0) is 6.92 Å². The third kappa shape index (κ3) is 2.78. The number of carboxylic acid groups (broad SMARTS) is 1. The van der Waals surface area contributed by atoms with Gasteiger partial charge in [0, 0.05) is 30.3 Å². The van der Waals surface area contributed by atoms with Crippen LogP contribution in [0.4, 0.5) is 0 Å². The van der Waals surface area contributed by atoms with E-state index in [4.69, 9.17) is 5.11 Å². The number of aliphatic hydroxyl groups excluding tert-OH is 1. The Labute approximate surface area is 79.9 Å². The number of nitrogens with zero attached hydrogens (tertiary/aromatic N) is 1. The molecule has 72 valence electrons. The van der Waals surface area contributed by atoms with Gasteiger partial charge in [-0.2, -0.15) is 0 Å². The fraction of sp³-hybridized carbons (Fsp3) is 0.500. The molecular weight excluding hydrogens is 190 g/mol. The molecule has 0 fully saturated rings. The van der Waals surface area contributed by atoms with E-state index in [1.54, 1.807) is 0 Å². The van der Waals surface area contributed by atoms with E-state index < -0.39 is 5.97 Å². The van der Waals surface area contributed by atoms with E-state index in [-0.39, 0.29) is 13.0 Å². The zero-order chi connectivity index (χ0) is 9.84. The number of aryl methyl sites for hydroxylation is 1. The Morgan fingerprint density at radius 2 is 2.38 bits per heavy atom. The van der Waals surface area contributed by atoms with Gasteiger partial charge in [0.05, 0.1) is 10.7 Å². The average Bonchev–Trinajstić information content (AvgIpc) is 2.31. The van der Waals surface area contributed by atoms with Gasteiger partial charge in [-0.1, -0.05) is 0 Å². The van der Waals surface area contributed by atoms with Crippen molar-refractivity contribution in [2.75, 3.05) is 6.61 Å². The molecule has 1 N–H and O–H groups in total. The number of aliphatic carboxylic acids is 1. The maximum absolute atomic E-state index is 10.3. The van der Waals surface area contributed by atoms with Crippen molar-refractivity contribution >= 4 is 17.3 Å². The number of rotatable bonds is 4. The summed E-state index contributed by atoms with van der Waals surface area (Å²) in [6, 6.07) is 0. The van der Waals surface area contributed by atoms with Crippen LogP contribution in [0.15, 0.2) is 0 Å². The first-order valence-corrected chi connectivity index (χ1v) is 4.71. The molecule has 0 radical (unpaired) electrons. The minimum Gasteiger partial charge on any atom is -0.550 e. The number of carboxylic acids is 1. The molecule has 0 aliphatic rings. The third-order valence-electron chi connectivity index (χ3n) is 1.54. The maximum Gasteiger partial charge on any atom is 0.0900 e. The lowest BCUT2D eigenvalue weighted by Crippen LogP contribution is -2.25. The van der Waals surface area contributed by atoms with E-state index in [2.05, 4.69) is 4.98 Å². The predicted octanol–water partition coefficient (Wildman–Crippen LogP) is -0.721. The summed E-state index contributed by atoms with van der Waals surface area (Å²) in [5, 5.41) is 19.8. The Kier molecular flexibility index (Phi) is 3.39. The highest BCUT2D eigenvalue weighted by Crippen LogP contribution is 2.18. The van der Waals surface area contributed by atoms with Gasteiger partial charge >= 0.3 is 0 Å². The zero-order valence-electron chi connectivity index (χ0n) is 7.24. The van der Waals surface area contributed by atoms with Crippen molar-refractivity contribution < 1.29 is 15.0 Å². The molecule has 1 aromatic heterocycles. The second-order valence-electron chi connectivity index (χ2n) is 2.63. The number of carbonyl (C=O) groups excluding carboxylic acids is 1. The fourth-order valence-corrected chi connectivity index (χ4v) is 2.03. The molecule has 5 heteroatoms. The molecule has 0 aliphatic heterocycles. The van der Waals surface area contributed by atoms with Gasteiger partial charge in [-0.15, -0.1) is 11.3 Å². The number of thiazole rings is 1. The van der Waals surface area contributed by atoms with E-state index in [0.29, 0.717) is 12.1 Å². The molecule has 0 spiro atoms. The molecular formula is C8H10NO3S-. The predicted molar refractivity (Wildman–Crippen MR) is 46.4 cm³/mol. The monoisotopic (exact) mass is 200 g/mol. The summed E-state index contributed by atoms with van der Waals surface area (Å²) in [6.07, 6.45) is 0.299. The summed E-state index contributed by atoms with van der Waals surface area (Å²) in [5.41, 5.74) is 0.525. The van der Waals surface area contributed by atoms with Crippen LogP contribution in [0, 0.1) is 6.92 Å². The van der Waals surface area contributed by atoms with Crippen LogP contribution in [-0.4, -0.2) is 22.7 Å². The van der Waals surface area contributed by atoms with Crippen LogP contribution in [0.3, 0.4) is 0 Å². The second kappa shape index (κ2) is 4.34. The fourth-order valence-electron chi connectivity index (χ4n) is 1.08. The van der Waals surface area contributed by atoms with Gasteiger partial charge in [0.2, 0.25) is 0 Å². The zero-order valence-corrected chi connectivity index (χ0v) is 8.06. The summed E-state index contributed by atoms with van der Waals surface area (Å²) in [7, 11) is 0. The molecule has 0 saturated carbocycles. The molecule has 0 atom stereocenters. The van der Waals surface area contributed by atoms with Gasteiger partial charge < -0.3 is 15.0 Å². The van der Waals surface area contributed by atoms with Gasteiger partial charge in [0.15, 0.2) is 0 Å². The van der Waals surface area contributed by atoms with Crippen molar-refractivity contribution in [1.29, 1.82) is 0 Å². The van der Waals surface area contributed by atoms with Gasteiger partial charge in [0.1, 0.15) is 0 Å². The minimum atomic E-state index is -1.13. The lowest BCUT2D eigenvalue weighted by Gasteiger charge is -2.00. The lowest BCUT2D eigenvalue weighted by molar-refractivity contribution is -0.304. The molecule has 13 heavy (non-hydrogen) atoms. The average molecular weight is 200 g/mol. The Morgan fingerprint density at radius 1 is 1.69 bits per heavy atom. The summed E-state index contributed by atoms with van der Waals surface area (Å²) in [5.74, 6) is -1.13. The number of carbonyl (C=O) groups is 1. The summed E-state index contributed by atoms with van der Waals surface area (Å²) in [6.45, 7) is 1.83. The molecule has 0 bridgehead atoms. The molecule has 1 aromatic rings. The van der Waals surface area contributed by atoms with E-state index in [1.165, 1.54) is 11.3 Å². The topological polar surface area (TPSA) is 73.2 Å². The molecule has 1 rings (SSSR count). The van der Waals surface area contributed by atoms with E-state index >= 15 is 0 Å². The Balaban J connectivity index is 2.83. The Morgan fingerprint density at radius 3 is 2.92 bits per heavy atom. The Bertz CT molecular complexity index is 308. The van der Waals surface area contributed by atoms with E-state index in [9.17, 15) is 9.90 Å². The first-order chi connectivity index (χ1) is 6.13. The number of hydrogen-bond donors (Lipinski definition) is 1. The van der Waals surface area contributed by atoms with Crippen LogP contribution in [0.1, 0.15) is 15.6 Å². The van der Waals surface area contributed by atoms with Crippen molar-refractivity contribution in [3.8, 4) is 0 Å². The molecule has 0 unspecified atom stereocenters. The summed E-state index contributed by atoms with van der Waals surface area (Å²) < 4.78 is 0. The van der Waals surface area contributed by atoms with Crippen molar-refractivity contribution in [3.05, 3.63) is 15.6 Å². The molecule has 0 aliphatic carbocycles. The highest BCUT2D eigenvalue weighted by atomic mass is 32.1. The van der Waals surface area contributed by atoms with Crippen molar-refractivity contribution in [1.82, 2.24) is 4.98 Å². The summed E-state index contributed by atoms with van der Waals surface area (Å²) in [4.78, 5) is 15.2. The van der Waals surface area contributed by atoms with E-state index in [1.807, 2.05) is 6.92 Å². The van der Waals surface area contributed by atoms with Crippen LogP contribution in [-0.2, 0) is 17.6 Å². The summed E-state index contributed by atoms with van der Waals surface area (Å²) >= 11 is 1.42. The van der Waals surface area contributed by atoms with Gasteiger partial charge in [-0.25, -0.2) is 4.98 Å². The normalized spacial score (nSPS) is 10.3. The third-order valence-corrected chi connectivity index (χ3v) is 2.61.